The lowest BCUT2D eigenvalue weighted by Gasteiger charge is -2.18. The number of anilines is 2. The van der Waals surface area contributed by atoms with Gasteiger partial charge >= 0.3 is 0 Å². The highest BCUT2D eigenvalue weighted by Gasteiger charge is 2.08. The van der Waals surface area contributed by atoms with Crippen LogP contribution < -0.4 is 5.01 Å². The quantitative estimate of drug-likeness (QED) is 0.285. The van der Waals surface area contributed by atoms with Crippen LogP contribution in [0.4, 0.5) is 11.4 Å². The molecule has 0 fully saturated rings. The average Bonchev–Trinajstić information content (AvgIpc) is 3.19. The zero-order valence-electron chi connectivity index (χ0n) is 14.5. The number of para-hydroxylation sites is 2. The topological polar surface area (TPSA) is 28.7 Å². The van der Waals surface area contributed by atoms with Crippen molar-refractivity contribution in [1.29, 1.82) is 0 Å². The lowest BCUT2D eigenvalue weighted by Crippen LogP contribution is -2.08. The average molecular weight is 373 g/mol. The van der Waals surface area contributed by atoms with E-state index >= 15 is 0 Å². The van der Waals surface area contributed by atoms with E-state index in [-0.39, 0.29) is 0 Å². The summed E-state index contributed by atoms with van der Waals surface area (Å²) in [6.07, 6.45) is 1.72. The first kappa shape index (κ1) is 17.1. The molecule has 0 radical (unpaired) electrons. The molecule has 4 aromatic rings. The maximum Gasteiger partial charge on any atom is 0.147 e. The molecule has 4 rings (SSSR count). The van der Waals surface area contributed by atoms with E-state index in [0.717, 1.165) is 22.7 Å². The van der Waals surface area contributed by atoms with Crippen molar-refractivity contribution in [3.63, 3.8) is 0 Å². The van der Waals surface area contributed by atoms with Crippen LogP contribution in [-0.2, 0) is 0 Å². The minimum atomic E-state index is 0.678. The van der Waals surface area contributed by atoms with E-state index in [0.29, 0.717) is 10.8 Å². The molecule has 0 unspecified atom stereocenters. The lowest BCUT2D eigenvalue weighted by atomic mass is 10.2. The molecule has 0 aliphatic heterocycles. The van der Waals surface area contributed by atoms with Gasteiger partial charge in [0.2, 0.25) is 0 Å². The third kappa shape index (κ3) is 4.10. The fraction of sp³-hybridized carbons (Fsp3) is 0. The highest BCUT2D eigenvalue weighted by atomic mass is 35.5. The Balaban J connectivity index is 1.62. The Bertz CT molecular complexity index is 985. The Labute approximate surface area is 163 Å². The Morgan fingerprint density at radius 2 is 1.30 bits per heavy atom. The minimum Gasteiger partial charge on any atom is -0.455 e. The monoisotopic (exact) mass is 372 g/mol. The van der Waals surface area contributed by atoms with E-state index in [9.17, 15) is 0 Å². The number of nitrogens with zero attached hydrogens (tertiary/aromatic N) is 2. The van der Waals surface area contributed by atoms with Crippen LogP contribution in [0.3, 0.4) is 0 Å². The zero-order chi connectivity index (χ0) is 18.5. The van der Waals surface area contributed by atoms with Crippen LogP contribution in [0.1, 0.15) is 5.76 Å². The van der Waals surface area contributed by atoms with Gasteiger partial charge in [0.25, 0.3) is 0 Å². The number of benzene rings is 3. The first-order valence-electron chi connectivity index (χ1n) is 8.59. The molecule has 0 bridgehead atoms. The van der Waals surface area contributed by atoms with Crippen molar-refractivity contribution < 1.29 is 4.42 Å². The molecule has 0 N–H and O–H groups in total. The van der Waals surface area contributed by atoms with Crippen LogP contribution in [0.2, 0.25) is 5.02 Å². The van der Waals surface area contributed by atoms with Crippen molar-refractivity contribution in [2.24, 2.45) is 5.10 Å². The summed E-state index contributed by atoms with van der Waals surface area (Å²) in [5.41, 5.74) is 2.93. The van der Waals surface area contributed by atoms with E-state index in [1.807, 2.05) is 102 Å². The van der Waals surface area contributed by atoms with Crippen molar-refractivity contribution in [2.45, 2.75) is 0 Å². The molecule has 0 spiro atoms. The van der Waals surface area contributed by atoms with Crippen molar-refractivity contribution >= 4 is 29.2 Å². The van der Waals surface area contributed by atoms with E-state index < -0.39 is 0 Å². The van der Waals surface area contributed by atoms with Gasteiger partial charge in [-0.3, -0.25) is 0 Å². The molecule has 0 aliphatic rings. The molecule has 0 atom stereocenters. The SMILES string of the molecule is Clc1ccc(-c2ccc(C=NN(c3ccccc3)c3ccccc3)o2)cc1. The number of rotatable bonds is 5. The molecule has 1 aromatic heterocycles. The Kier molecular flexibility index (Phi) is 5.04. The summed E-state index contributed by atoms with van der Waals surface area (Å²) < 4.78 is 5.91. The van der Waals surface area contributed by atoms with E-state index in [1.54, 1.807) is 6.21 Å². The predicted octanol–water partition coefficient (Wildman–Crippen LogP) is 6.77. The molecule has 132 valence electrons. The van der Waals surface area contributed by atoms with Crippen molar-refractivity contribution in [1.82, 2.24) is 0 Å². The normalized spacial score (nSPS) is 11.0. The van der Waals surface area contributed by atoms with Crippen LogP contribution in [0.5, 0.6) is 0 Å². The zero-order valence-corrected chi connectivity index (χ0v) is 15.3. The molecule has 4 heteroatoms. The molecule has 0 saturated heterocycles. The maximum absolute atomic E-state index is 5.95. The summed E-state index contributed by atoms with van der Waals surface area (Å²) in [5, 5.41) is 7.23. The maximum atomic E-state index is 5.95. The van der Waals surface area contributed by atoms with Crippen molar-refractivity contribution in [3.05, 3.63) is 108 Å². The summed E-state index contributed by atoms with van der Waals surface area (Å²) in [6.45, 7) is 0. The number of hydrazone groups is 1. The van der Waals surface area contributed by atoms with Crippen molar-refractivity contribution in [2.75, 3.05) is 5.01 Å². The molecular weight excluding hydrogens is 356 g/mol. The van der Waals surface area contributed by atoms with Gasteiger partial charge in [-0.15, -0.1) is 0 Å². The second-order valence-electron chi connectivity index (χ2n) is 5.94. The molecule has 3 nitrogen and oxygen atoms in total. The molecule has 27 heavy (non-hydrogen) atoms. The van der Waals surface area contributed by atoms with Gasteiger partial charge in [0.15, 0.2) is 0 Å². The largest absolute Gasteiger partial charge is 0.455 e. The minimum absolute atomic E-state index is 0.678. The number of halogens is 1. The first-order valence-corrected chi connectivity index (χ1v) is 8.97. The van der Waals surface area contributed by atoms with Gasteiger partial charge in [-0.25, -0.2) is 5.01 Å². The van der Waals surface area contributed by atoms with E-state index in [4.69, 9.17) is 16.0 Å². The number of furan rings is 1. The van der Waals surface area contributed by atoms with Gasteiger partial charge in [0, 0.05) is 10.6 Å². The summed E-state index contributed by atoms with van der Waals surface area (Å²) in [5.74, 6) is 1.45. The van der Waals surface area contributed by atoms with Crippen LogP contribution in [0.25, 0.3) is 11.3 Å². The fourth-order valence-electron chi connectivity index (χ4n) is 2.73. The van der Waals surface area contributed by atoms with Crippen LogP contribution in [0, 0.1) is 0 Å². The molecule has 0 aliphatic carbocycles. The van der Waals surface area contributed by atoms with E-state index in [1.165, 1.54) is 0 Å². The third-order valence-electron chi connectivity index (χ3n) is 4.06. The lowest BCUT2D eigenvalue weighted by molar-refractivity contribution is 0.575. The Morgan fingerprint density at radius 3 is 1.89 bits per heavy atom. The van der Waals surface area contributed by atoms with Crippen LogP contribution >= 0.6 is 11.6 Å². The van der Waals surface area contributed by atoms with Gasteiger partial charge < -0.3 is 4.42 Å². The second-order valence-corrected chi connectivity index (χ2v) is 6.37. The van der Waals surface area contributed by atoms with Crippen LogP contribution in [-0.4, -0.2) is 6.21 Å². The van der Waals surface area contributed by atoms with Gasteiger partial charge in [0.1, 0.15) is 11.5 Å². The van der Waals surface area contributed by atoms with Crippen LogP contribution in [0.15, 0.2) is 107 Å². The summed E-state index contributed by atoms with van der Waals surface area (Å²) in [7, 11) is 0. The van der Waals surface area contributed by atoms with Gasteiger partial charge in [-0.1, -0.05) is 48.0 Å². The standard InChI is InChI=1S/C23H17ClN2O/c24-19-13-11-18(12-14-19)23-16-15-22(27-23)17-25-26(20-7-3-1-4-8-20)21-9-5-2-6-10-21/h1-17H. The van der Waals surface area contributed by atoms with Gasteiger partial charge in [0.05, 0.1) is 17.6 Å². The Hall–Kier alpha value is -3.30. The third-order valence-corrected chi connectivity index (χ3v) is 4.31. The van der Waals surface area contributed by atoms with Gasteiger partial charge in [-0.2, -0.15) is 5.10 Å². The molecule has 0 saturated carbocycles. The smallest absolute Gasteiger partial charge is 0.147 e. The van der Waals surface area contributed by atoms with Crippen molar-refractivity contribution in [3.8, 4) is 11.3 Å². The molecule has 3 aromatic carbocycles. The molecular formula is C23H17ClN2O. The summed E-state index contributed by atoms with van der Waals surface area (Å²) >= 11 is 5.95. The summed E-state index contributed by atoms with van der Waals surface area (Å²) in [6, 6.07) is 31.4. The number of hydrogen-bond acceptors (Lipinski definition) is 3. The Morgan fingerprint density at radius 1 is 0.704 bits per heavy atom. The van der Waals surface area contributed by atoms with E-state index in [2.05, 4.69) is 5.10 Å². The summed E-state index contributed by atoms with van der Waals surface area (Å²) in [4.78, 5) is 0. The highest BCUT2D eigenvalue weighted by Crippen LogP contribution is 2.26. The second kappa shape index (κ2) is 7.94. The molecule has 1 heterocycles. The number of hydrogen-bond donors (Lipinski definition) is 0. The first-order chi connectivity index (χ1) is 13.3. The fourth-order valence-corrected chi connectivity index (χ4v) is 2.85. The highest BCUT2D eigenvalue weighted by molar-refractivity contribution is 6.30. The molecule has 0 amide bonds. The van der Waals surface area contributed by atoms with Gasteiger partial charge in [-0.05, 0) is 60.7 Å². The predicted molar refractivity (Wildman–Crippen MR) is 112 cm³/mol.